The van der Waals surface area contributed by atoms with Crippen LogP contribution in [-0.4, -0.2) is 23.9 Å². The van der Waals surface area contributed by atoms with Gasteiger partial charge in [-0.15, -0.1) is 0 Å². The maximum Gasteiger partial charge on any atom is 0.223 e. The summed E-state index contributed by atoms with van der Waals surface area (Å²) in [5.74, 6) is 0.0472. The highest BCUT2D eigenvalue weighted by molar-refractivity contribution is 5.79. The van der Waals surface area contributed by atoms with Crippen molar-refractivity contribution >= 4 is 5.91 Å². The quantitative estimate of drug-likeness (QED) is 0.769. The molecule has 3 nitrogen and oxygen atoms in total. The molecule has 0 spiro atoms. The molecule has 1 N–H and O–H groups in total. The van der Waals surface area contributed by atoms with E-state index >= 15 is 0 Å². The van der Waals surface area contributed by atoms with Crippen molar-refractivity contribution in [3.05, 3.63) is 70.5 Å². The maximum atomic E-state index is 13.0. The number of halogens is 1. The third-order valence-corrected chi connectivity index (χ3v) is 5.80. The molecular weight excluding hydrogens is 351 g/mol. The van der Waals surface area contributed by atoms with Gasteiger partial charge in [-0.1, -0.05) is 42.8 Å². The molecule has 0 radical (unpaired) electrons. The fraction of sp³-hybridized carbons (Fsp3) is 0.458. The minimum absolute atomic E-state index is 0.0734. The Balaban J connectivity index is 1.53. The standard InChI is InChI=1S/C24H31FN2O/c1-4-23(22-10-5-17(2)15-18(22)3)26-24(28)20-11-13-27(14-12-20)16-19-6-8-21(25)9-7-19/h5-10,15,20,23H,4,11-14,16H2,1-3H3,(H,26,28). The monoisotopic (exact) mass is 382 g/mol. The van der Waals surface area contributed by atoms with Crippen LogP contribution in [0.5, 0.6) is 0 Å². The summed E-state index contributed by atoms with van der Waals surface area (Å²) in [5.41, 5.74) is 4.82. The molecule has 0 aliphatic carbocycles. The number of rotatable bonds is 6. The number of nitrogens with zero attached hydrogens (tertiary/aromatic N) is 1. The predicted molar refractivity (Wildman–Crippen MR) is 111 cm³/mol. The van der Waals surface area contributed by atoms with Crippen LogP contribution in [0.1, 0.15) is 54.5 Å². The second-order valence-electron chi connectivity index (χ2n) is 8.01. The third-order valence-electron chi connectivity index (χ3n) is 5.80. The van der Waals surface area contributed by atoms with E-state index in [1.807, 2.05) is 12.1 Å². The molecule has 1 heterocycles. The summed E-state index contributed by atoms with van der Waals surface area (Å²) in [6, 6.07) is 13.2. The van der Waals surface area contributed by atoms with Crippen LogP contribution >= 0.6 is 0 Å². The molecule has 1 aliphatic heterocycles. The van der Waals surface area contributed by atoms with Gasteiger partial charge in [0, 0.05) is 12.5 Å². The largest absolute Gasteiger partial charge is 0.349 e. The zero-order valence-electron chi connectivity index (χ0n) is 17.2. The summed E-state index contributed by atoms with van der Waals surface area (Å²) in [5, 5.41) is 3.28. The molecular formula is C24H31FN2O. The number of amides is 1. The van der Waals surface area contributed by atoms with Gasteiger partial charge in [0.15, 0.2) is 0 Å². The minimum atomic E-state index is -0.201. The number of benzene rings is 2. The molecule has 4 heteroatoms. The lowest BCUT2D eigenvalue weighted by Crippen LogP contribution is -2.41. The molecule has 2 aromatic rings. The van der Waals surface area contributed by atoms with Crippen LogP contribution in [0, 0.1) is 25.6 Å². The van der Waals surface area contributed by atoms with E-state index in [-0.39, 0.29) is 23.7 Å². The summed E-state index contributed by atoms with van der Waals surface area (Å²) in [7, 11) is 0. The Labute approximate surface area is 167 Å². The van der Waals surface area contributed by atoms with E-state index in [1.54, 1.807) is 0 Å². The Morgan fingerprint density at radius 1 is 1.14 bits per heavy atom. The van der Waals surface area contributed by atoms with E-state index in [0.717, 1.165) is 44.5 Å². The van der Waals surface area contributed by atoms with Gasteiger partial charge >= 0.3 is 0 Å². The second-order valence-corrected chi connectivity index (χ2v) is 8.01. The zero-order valence-corrected chi connectivity index (χ0v) is 17.2. The Bertz CT molecular complexity index is 795. The summed E-state index contributed by atoms with van der Waals surface area (Å²) in [4.78, 5) is 15.2. The number of carbonyl (C=O) groups excluding carboxylic acids is 1. The van der Waals surface area contributed by atoms with E-state index in [0.29, 0.717) is 0 Å². The average molecular weight is 383 g/mol. The Morgan fingerprint density at radius 3 is 2.43 bits per heavy atom. The highest BCUT2D eigenvalue weighted by Gasteiger charge is 2.26. The van der Waals surface area contributed by atoms with Crippen LogP contribution in [0.3, 0.4) is 0 Å². The van der Waals surface area contributed by atoms with E-state index < -0.39 is 0 Å². The molecule has 1 fully saturated rings. The number of carbonyl (C=O) groups is 1. The number of hydrogen-bond acceptors (Lipinski definition) is 2. The molecule has 1 atom stereocenters. The summed E-state index contributed by atoms with van der Waals surface area (Å²) < 4.78 is 13.0. The minimum Gasteiger partial charge on any atom is -0.349 e. The lowest BCUT2D eigenvalue weighted by molar-refractivity contribution is -0.127. The third kappa shape index (κ3) is 5.20. The number of hydrogen-bond donors (Lipinski definition) is 1. The van der Waals surface area contributed by atoms with Gasteiger partial charge in [0.2, 0.25) is 5.91 Å². The van der Waals surface area contributed by atoms with Crippen molar-refractivity contribution in [2.45, 2.75) is 52.6 Å². The van der Waals surface area contributed by atoms with E-state index in [9.17, 15) is 9.18 Å². The lowest BCUT2D eigenvalue weighted by Gasteiger charge is -2.32. The van der Waals surface area contributed by atoms with Crippen LogP contribution in [0.25, 0.3) is 0 Å². The van der Waals surface area contributed by atoms with E-state index in [4.69, 9.17) is 0 Å². The zero-order chi connectivity index (χ0) is 20.1. The SMILES string of the molecule is CCC(NC(=O)C1CCN(Cc2ccc(F)cc2)CC1)c1ccc(C)cc1C. The Morgan fingerprint density at radius 2 is 1.82 bits per heavy atom. The Hall–Kier alpha value is -2.20. The van der Waals surface area contributed by atoms with Crippen LogP contribution in [-0.2, 0) is 11.3 Å². The van der Waals surface area contributed by atoms with Crippen molar-refractivity contribution < 1.29 is 9.18 Å². The molecule has 28 heavy (non-hydrogen) atoms. The van der Waals surface area contributed by atoms with Gasteiger partial charge < -0.3 is 5.32 Å². The fourth-order valence-electron chi connectivity index (χ4n) is 4.11. The molecule has 1 unspecified atom stereocenters. The van der Waals surface area contributed by atoms with E-state index in [2.05, 4.69) is 49.2 Å². The van der Waals surface area contributed by atoms with Gasteiger partial charge in [-0.3, -0.25) is 9.69 Å². The first kappa shape index (κ1) is 20.5. The van der Waals surface area contributed by atoms with Crippen LogP contribution in [0.2, 0.25) is 0 Å². The van der Waals surface area contributed by atoms with Crippen LogP contribution in [0.15, 0.2) is 42.5 Å². The fourth-order valence-corrected chi connectivity index (χ4v) is 4.11. The number of nitrogens with one attached hydrogen (secondary N) is 1. The first-order valence-corrected chi connectivity index (χ1v) is 10.3. The van der Waals surface area contributed by atoms with Gasteiger partial charge in [0.25, 0.3) is 0 Å². The molecule has 1 saturated heterocycles. The lowest BCUT2D eigenvalue weighted by atomic mass is 9.93. The summed E-state index contributed by atoms with van der Waals surface area (Å²) >= 11 is 0. The van der Waals surface area contributed by atoms with Gasteiger partial charge in [0.05, 0.1) is 6.04 Å². The first-order valence-electron chi connectivity index (χ1n) is 10.3. The van der Waals surface area contributed by atoms with Crippen LogP contribution < -0.4 is 5.32 Å². The smallest absolute Gasteiger partial charge is 0.223 e. The van der Waals surface area contributed by atoms with Gasteiger partial charge in [-0.2, -0.15) is 0 Å². The van der Waals surface area contributed by atoms with Crippen LogP contribution in [0.4, 0.5) is 4.39 Å². The van der Waals surface area contributed by atoms with Crippen molar-refractivity contribution in [1.29, 1.82) is 0 Å². The first-order chi connectivity index (χ1) is 13.5. The second kappa shape index (κ2) is 9.33. The summed E-state index contributed by atoms with van der Waals surface area (Å²) in [6.45, 7) is 8.94. The normalized spacial score (nSPS) is 16.7. The van der Waals surface area contributed by atoms with Crippen molar-refractivity contribution in [1.82, 2.24) is 10.2 Å². The molecule has 0 bridgehead atoms. The molecule has 0 aromatic heterocycles. The highest BCUT2D eigenvalue weighted by Crippen LogP contribution is 2.24. The maximum absolute atomic E-state index is 13.0. The van der Waals surface area contributed by atoms with Gasteiger partial charge in [-0.05, 0) is 75.0 Å². The topological polar surface area (TPSA) is 32.3 Å². The van der Waals surface area contributed by atoms with Gasteiger partial charge in [-0.25, -0.2) is 4.39 Å². The Kier molecular flexibility index (Phi) is 6.84. The predicted octanol–water partition coefficient (Wildman–Crippen LogP) is 4.92. The van der Waals surface area contributed by atoms with Gasteiger partial charge in [0.1, 0.15) is 5.82 Å². The molecule has 1 amide bonds. The van der Waals surface area contributed by atoms with Crippen molar-refractivity contribution in [3.63, 3.8) is 0 Å². The van der Waals surface area contributed by atoms with Crippen molar-refractivity contribution in [2.24, 2.45) is 5.92 Å². The molecule has 0 saturated carbocycles. The number of likely N-dealkylation sites (tertiary alicyclic amines) is 1. The molecule has 3 rings (SSSR count). The van der Waals surface area contributed by atoms with E-state index in [1.165, 1.54) is 28.8 Å². The number of piperidine rings is 1. The number of aryl methyl sites for hydroxylation is 2. The van der Waals surface area contributed by atoms with Crippen molar-refractivity contribution in [3.8, 4) is 0 Å². The average Bonchev–Trinajstić information content (AvgIpc) is 2.69. The molecule has 2 aromatic carbocycles. The molecule has 150 valence electrons. The molecule has 1 aliphatic rings. The highest BCUT2D eigenvalue weighted by atomic mass is 19.1. The summed E-state index contributed by atoms with van der Waals surface area (Å²) in [6.07, 6.45) is 2.63. The van der Waals surface area contributed by atoms with Crippen molar-refractivity contribution in [2.75, 3.05) is 13.1 Å².